The Morgan fingerprint density at radius 3 is 2.63 bits per heavy atom. The molecule has 0 aromatic carbocycles. The molecule has 6 heteroatoms. The Hall–Kier alpha value is -1.59. The molecule has 0 bridgehead atoms. The van der Waals surface area contributed by atoms with Crippen molar-refractivity contribution in [2.45, 2.75) is 71.1 Å². The quantitative estimate of drug-likeness (QED) is 0.478. The van der Waals surface area contributed by atoms with E-state index in [9.17, 15) is 22.8 Å². The first-order chi connectivity index (χ1) is 12.6. The predicted molar refractivity (Wildman–Crippen MR) is 92.6 cm³/mol. The number of hydrogen-bond acceptors (Lipinski definition) is 3. The monoisotopic (exact) mass is 382 g/mol. The second-order valence-corrected chi connectivity index (χ2v) is 9.02. The van der Waals surface area contributed by atoms with Crippen molar-refractivity contribution in [3.63, 3.8) is 0 Å². The SMILES string of the molecule is C[C@]12CC[C@@H]3[C@@H](CC=C4CC(OC(=O)C(F)(F)F)CC[C@@]43C)C1=CCC2=O. The van der Waals surface area contributed by atoms with E-state index in [1.54, 1.807) is 0 Å². The summed E-state index contributed by atoms with van der Waals surface area (Å²) in [5.74, 6) is -1.02. The van der Waals surface area contributed by atoms with E-state index in [-0.39, 0.29) is 10.8 Å². The third kappa shape index (κ3) is 2.78. The van der Waals surface area contributed by atoms with E-state index >= 15 is 0 Å². The Bertz CT molecular complexity index is 750. The highest BCUT2D eigenvalue weighted by Crippen LogP contribution is 2.62. The summed E-state index contributed by atoms with van der Waals surface area (Å²) in [4.78, 5) is 23.6. The lowest BCUT2D eigenvalue weighted by Gasteiger charge is -2.55. The molecule has 0 aromatic heterocycles. The molecule has 0 aliphatic heterocycles. The van der Waals surface area contributed by atoms with Crippen LogP contribution in [0.15, 0.2) is 23.3 Å². The van der Waals surface area contributed by atoms with Gasteiger partial charge in [0.15, 0.2) is 0 Å². The normalized spacial score (nSPS) is 41.1. The van der Waals surface area contributed by atoms with Gasteiger partial charge in [0.2, 0.25) is 0 Å². The first-order valence-electron chi connectivity index (χ1n) is 9.77. The third-order valence-electron chi connectivity index (χ3n) is 7.71. The largest absolute Gasteiger partial charge is 0.490 e. The number of ketones is 1. The van der Waals surface area contributed by atoms with Crippen LogP contribution in [0.4, 0.5) is 13.2 Å². The van der Waals surface area contributed by atoms with Crippen LogP contribution in [0.3, 0.4) is 0 Å². The molecule has 1 unspecified atom stereocenters. The number of carbonyl (C=O) groups is 2. The van der Waals surface area contributed by atoms with Gasteiger partial charge in [-0.15, -0.1) is 0 Å². The highest BCUT2D eigenvalue weighted by atomic mass is 19.4. The standard InChI is InChI=1S/C21H25F3O3/c1-19-9-7-13(27-18(26)21(22,23)24)11-12(19)3-4-14-15-5-6-17(25)20(15,2)10-8-16(14)19/h3,5,13-14,16H,4,6-11H2,1-2H3/t13?,14-,16+,19-,20-/m0/s1. The maximum Gasteiger partial charge on any atom is 0.490 e. The molecule has 0 saturated heterocycles. The molecule has 0 spiro atoms. The lowest BCUT2D eigenvalue weighted by molar-refractivity contribution is -0.206. The molecule has 5 atom stereocenters. The molecule has 0 aromatic rings. The van der Waals surface area contributed by atoms with Crippen LogP contribution in [0.2, 0.25) is 0 Å². The summed E-state index contributed by atoms with van der Waals surface area (Å²) >= 11 is 0. The van der Waals surface area contributed by atoms with Gasteiger partial charge in [0.25, 0.3) is 0 Å². The lowest BCUT2D eigenvalue weighted by Crippen LogP contribution is -2.48. The van der Waals surface area contributed by atoms with Crippen LogP contribution in [-0.2, 0) is 14.3 Å². The summed E-state index contributed by atoms with van der Waals surface area (Å²) in [6, 6.07) is 0. The number of rotatable bonds is 1. The fourth-order valence-electron chi connectivity index (χ4n) is 6.10. The van der Waals surface area contributed by atoms with Gasteiger partial charge in [0.05, 0.1) is 0 Å². The zero-order chi connectivity index (χ0) is 19.6. The lowest BCUT2D eigenvalue weighted by atomic mass is 9.49. The molecule has 0 heterocycles. The number of esters is 1. The van der Waals surface area contributed by atoms with Crippen LogP contribution in [-0.4, -0.2) is 24.0 Å². The minimum absolute atomic E-state index is 0.0855. The molecule has 4 aliphatic carbocycles. The van der Waals surface area contributed by atoms with Gasteiger partial charge in [-0.25, -0.2) is 4.79 Å². The molecule has 27 heavy (non-hydrogen) atoms. The minimum atomic E-state index is -4.94. The van der Waals surface area contributed by atoms with Crippen molar-refractivity contribution in [1.29, 1.82) is 0 Å². The van der Waals surface area contributed by atoms with Crippen molar-refractivity contribution in [2.75, 3.05) is 0 Å². The molecule has 0 radical (unpaired) electrons. The molecule has 0 N–H and O–H groups in total. The first-order valence-corrected chi connectivity index (χ1v) is 9.77. The number of fused-ring (bicyclic) bond motifs is 5. The van der Waals surface area contributed by atoms with E-state index in [1.807, 2.05) is 0 Å². The molecule has 2 saturated carbocycles. The smallest absolute Gasteiger partial charge is 0.455 e. The maximum absolute atomic E-state index is 12.5. The second-order valence-electron chi connectivity index (χ2n) is 9.02. The van der Waals surface area contributed by atoms with Gasteiger partial charge in [0, 0.05) is 18.3 Å². The molecule has 148 valence electrons. The Morgan fingerprint density at radius 1 is 1.19 bits per heavy atom. The fraction of sp³-hybridized carbons (Fsp3) is 0.714. The number of Topliss-reactive ketones (excluding diaryl/α,β-unsaturated/α-hetero) is 1. The third-order valence-corrected chi connectivity index (χ3v) is 7.71. The molecule has 0 amide bonds. The van der Waals surface area contributed by atoms with Crippen molar-refractivity contribution in [3.05, 3.63) is 23.3 Å². The molecule has 2 fully saturated rings. The van der Waals surface area contributed by atoms with E-state index in [1.165, 1.54) is 5.57 Å². The molecular formula is C21H25F3O3. The number of halogens is 3. The van der Waals surface area contributed by atoms with E-state index in [0.29, 0.717) is 43.3 Å². The van der Waals surface area contributed by atoms with Crippen molar-refractivity contribution in [1.82, 2.24) is 0 Å². The molecular weight excluding hydrogens is 357 g/mol. The van der Waals surface area contributed by atoms with Gasteiger partial charge in [-0.05, 0) is 56.3 Å². The van der Waals surface area contributed by atoms with Gasteiger partial charge < -0.3 is 4.74 Å². The second kappa shape index (κ2) is 5.95. The van der Waals surface area contributed by atoms with Crippen LogP contribution >= 0.6 is 0 Å². The zero-order valence-corrected chi connectivity index (χ0v) is 15.7. The van der Waals surface area contributed by atoms with E-state index in [2.05, 4.69) is 26.0 Å². The molecule has 3 nitrogen and oxygen atoms in total. The van der Waals surface area contributed by atoms with Crippen LogP contribution in [0.25, 0.3) is 0 Å². The zero-order valence-electron chi connectivity index (χ0n) is 15.7. The Balaban J connectivity index is 1.55. The number of carbonyl (C=O) groups excluding carboxylic acids is 2. The Labute approximate surface area is 157 Å². The summed E-state index contributed by atoms with van der Waals surface area (Å²) in [6.07, 6.45) is 3.35. The minimum Gasteiger partial charge on any atom is -0.455 e. The van der Waals surface area contributed by atoms with Crippen LogP contribution in [0.5, 0.6) is 0 Å². The van der Waals surface area contributed by atoms with Crippen LogP contribution in [0.1, 0.15) is 58.8 Å². The average molecular weight is 382 g/mol. The van der Waals surface area contributed by atoms with E-state index in [0.717, 1.165) is 24.8 Å². The van der Waals surface area contributed by atoms with Crippen LogP contribution < -0.4 is 0 Å². The highest BCUT2D eigenvalue weighted by molar-refractivity contribution is 5.92. The first kappa shape index (κ1) is 18.8. The van der Waals surface area contributed by atoms with Gasteiger partial charge >= 0.3 is 12.1 Å². The average Bonchev–Trinajstić information content (AvgIpc) is 2.89. The summed E-state index contributed by atoms with van der Waals surface area (Å²) in [5, 5.41) is 0. The summed E-state index contributed by atoms with van der Waals surface area (Å²) in [6.45, 7) is 4.27. The fourth-order valence-corrected chi connectivity index (χ4v) is 6.10. The van der Waals surface area contributed by atoms with Crippen molar-refractivity contribution in [3.8, 4) is 0 Å². The Morgan fingerprint density at radius 2 is 1.93 bits per heavy atom. The number of hydrogen-bond donors (Lipinski definition) is 0. The number of allylic oxidation sites excluding steroid dienone is 3. The topological polar surface area (TPSA) is 43.4 Å². The van der Waals surface area contributed by atoms with Gasteiger partial charge in [-0.3, -0.25) is 4.79 Å². The molecule has 4 rings (SSSR count). The van der Waals surface area contributed by atoms with Crippen LogP contribution in [0, 0.1) is 22.7 Å². The molecule has 4 aliphatic rings. The summed E-state index contributed by atoms with van der Waals surface area (Å²) < 4.78 is 42.2. The number of alkyl halides is 3. The summed E-state index contributed by atoms with van der Waals surface area (Å²) in [5.41, 5.74) is 2.01. The van der Waals surface area contributed by atoms with E-state index < -0.39 is 18.2 Å². The van der Waals surface area contributed by atoms with Crippen molar-refractivity contribution < 1.29 is 27.5 Å². The van der Waals surface area contributed by atoms with Gasteiger partial charge in [0.1, 0.15) is 11.9 Å². The van der Waals surface area contributed by atoms with Crippen molar-refractivity contribution in [2.24, 2.45) is 22.7 Å². The number of ether oxygens (including phenoxy) is 1. The van der Waals surface area contributed by atoms with Gasteiger partial charge in [-0.1, -0.05) is 30.2 Å². The van der Waals surface area contributed by atoms with E-state index in [4.69, 9.17) is 4.74 Å². The van der Waals surface area contributed by atoms with Crippen molar-refractivity contribution >= 4 is 11.8 Å². The predicted octanol–water partition coefficient (Wildman–Crippen LogP) is 4.91. The van der Waals surface area contributed by atoms with Gasteiger partial charge in [-0.2, -0.15) is 13.2 Å². The highest BCUT2D eigenvalue weighted by Gasteiger charge is 2.56. The Kier molecular flexibility index (Phi) is 4.13. The maximum atomic E-state index is 12.5. The summed E-state index contributed by atoms with van der Waals surface area (Å²) in [7, 11) is 0.